The SMILES string of the molecule is Cn1ncnc1CC(=O)c1ccc2c(c1)COC2. The summed E-state index contributed by atoms with van der Waals surface area (Å²) in [5, 5.41) is 3.95. The molecule has 0 atom stereocenters. The molecule has 0 amide bonds. The van der Waals surface area contributed by atoms with Crippen LogP contribution in [0.2, 0.25) is 0 Å². The minimum atomic E-state index is 0.0563. The van der Waals surface area contributed by atoms with Gasteiger partial charge in [-0.2, -0.15) is 5.10 Å². The highest BCUT2D eigenvalue weighted by Crippen LogP contribution is 2.21. The lowest BCUT2D eigenvalue weighted by molar-refractivity contribution is 0.0989. The molecule has 1 aliphatic heterocycles. The highest BCUT2D eigenvalue weighted by Gasteiger charge is 2.15. The Bertz CT molecular complexity index is 604. The van der Waals surface area contributed by atoms with E-state index in [2.05, 4.69) is 10.1 Å². The van der Waals surface area contributed by atoms with Gasteiger partial charge in [0, 0.05) is 12.6 Å². The lowest BCUT2D eigenvalue weighted by Crippen LogP contribution is -2.09. The fourth-order valence-corrected chi connectivity index (χ4v) is 2.07. The molecule has 1 aromatic carbocycles. The van der Waals surface area contributed by atoms with Crippen LogP contribution in [0, 0.1) is 0 Å². The van der Waals surface area contributed by atoms with Crippen molar-refractivity contribution in [1.29, 1.82) is 0 Å². The van der Waals surface area contributed by atoms with Gasteiger partial charge in [0.2, 0.25) is 0 Å². The van der Waals surface area contributed by atoms with Crippen LogP contribution < -0.4 is 0 Å². The Morgan fingerprint density at radius 1 is 1.39 bits per heavy atom. The third-order valence-corrected chi connectivity index (χ3v) is 3.17. The molecule has 0 bridgehead atoms. The molecule has 0 fully saturated rings. The number of fused-ring (bicyclic) bond motifs is 1. The second kappa shape index (κ2) is 4.34. The Labute approximate surface area is 104 Å². The summed E-state index contributed by atoms with van der Waals surface area (Å²) in [6, 6.07) is 5.74. The summed E-state index contributed by atoms with van der Waals surface area (Å²) in [6.07, 6.45) is 1.73. The van der Waals surface area contributed by atoms with Crippen molar-refractivity contribution in [2.45, 2.75) is 19.6 Å². The van der Waals surface area contributed by atoms with E-state index in [1.807, 2.05) is 18.2 Å². The number of Topliss-reactive ketones (excluding diaryl/α,β-unsaturated/α-hetero) is 1. The van der Waals surface area contributed by atoms with E-state index in [0.29, 0.717) is 24.6 Å². The standard InChI is InChI=1S/C13H13N3O2/c1-16-13(14-8-15-16)5-12(17)9-2-3-10-6-18-7-11(10)4-9/h2-4,8H,5-7H2,1H3. The molecule has 0 radical (unpaired) electrons. The van der Waals surface area contributed by atoms with Crippen LogP contribution >= 0.6 is 0 Å². The monoisotopic (exact) mass is 243 g/mol. The first kappa shape index (κ1) is 11.1. The van der Waals surface area contributed by atoms with E-state index in [1.165, 1.54) is 11.9 Å². The Morgan fingerprint density at radius 2 is 2.22 bits per heavy atom. The van der Waals surface area contributed by atoms with Gasteiger partial charge in [0.25, 0.3) is 0 Å². The lowest BCUT2D eigenvalue weighted by Gasteiger charge is -2.03. The number of rotatable bonds is 3. The van der Waals surface area contributed by atoms with Crippen molar-refractivity contribution in [1.82, 2.24) is 14.8 Å². The molecule has 0 N–H and O–H groups in total. The summed E-state index contributed by atoms with van der Waals surface area (Å²) in [5.74, 6) is 0.734. The number of aryl methyl sites for hydroxylation is 1. The molecule has 2 heterocycles. The number of carbonyl (C=O) groups is 1. The van der Waals surface area contributed by atoms with E-state index in [1.54, 1.807) is 11.7 Å². The van der Waals surface area contributed by atoms with Crippen molar-refractivity contribution < 1.29 is 9.53 Å². The Kier molecular flexibility index (Phi) is 2.68. The van der Waals surface area contributed by atoms with Gasteiger partial charge in [-0.05, 0) is 17.2 Å². The molecular formula is C13H13N3O2. The van der Waals surface area contributed by atoms with Crippen LogP contribution in [-0.4, -0.2) is 20.5 Å². The minimum Gasteiger partial charge on any atom is -0.372 e. The molecule has 0 aliphatic carbocycles. The molecule has 0 saturated heterocycles. The molecule has 2 aromatic rings. The van der Waals surface area contributed by atoms with Crippen LogP contribution in [0.4, 0.5) is 0 Å². The van der Waals surface area contributed by atoms with Crippen LogP contribution in [0.3, 0.4) is 0 Å². The zero-order valence-electron chi connectivity index (χ0n) is 10.1. The zero-order chi connectivity index (χ0) is 12.5. The minimum absolute atomic E-state index is 0.0563. The number of ketones is 1. The molecular weight excluding hydrogens is 230 g/mol. The molecule has 3 rings (SSSR count). The molecule has 1 aliphatic rings. The Hall–Kier alpha value is -2.01. The number of aromatic nitrogens is 3. The molecule has 0 spiro atoms. The maximum atomic E-state index is 12.1. The van der Waals surface area contributed by atoms with Crippen molar-refractivity contribution in [2.24, 2.45) is 7.05 Å². The summed E-state index contributed by atoms with van der Waals surface area (Å²) < 4.78 is 6.96. The van der Waals surface area contributed by atoms with Gasteiger partial charge in [0.1, 0.15) is 12.2 Å². The summed E-state index contributed by atoms with van der Waals surface area (Å²) in [6.45, 7) is 1.24. The average Bonchev–Trinajstić information content (AvgIpc) is 2.98. The second-order valence-electron chi connectivity index (χ2n) is 4.38. The van der Waals surface area contributed by atoms with E-state index in [9.17, 15) is 4.79 Å². The Balaban J connectivity index is 1.83. The average molecular weight is 243 g/mol. The van der Waals surface area contributed by atoms with Gasteiger partial charge in [-0.3, -0.25) is 9.48 Å². The van der Waals surface area contributed by atoms with Crippen LogP contribution in [-0.2, 0) is 31.4 Å². The number of nitrogens with zero attached hydrogens (tertiary/aromatic N) is 3. The van der Waals surface area contributed by atoms with Gasteiger partial charge in [0.05, 0.1) is 19.6 Å². The molecule has 5 heteroatoms. The molecule has 1 aromatic heterocycles. The van der Waals surface area contributed by atoms with Crippen molar-refractivity contribution in [3.05, 3.63) is 47.0 Å². The normalized spacial score (nSPS) is 13.6. The van der Waals surface area contributed by atoms with Gasteiger partial charge >= 0.3 is 0 Å². The second-order valence-corrected chi connectivity index (χ2v) is 4.38. The van der Waals surface area contributed by atoms with Gasteiger partial charge in [-0.25, -0.2) is 4.98 Å². The van der Waals surface area contributed by atoms with Gasteiger partial charge in [-0.1, -0.05) is 12.1 Å². The summed E-state index contributed by atoms with van der Waals surface area (Å²) in [7, 11) is 1.78. The van der Waals surface area contributed by atoms with Crippen LogP contribution in [0.25, 0.3) is 0 Å². The maximum Gasteiger partial charge on any atom is 0.170 e. The highest BCUT2D eigenvalue weighted by atomic mass is 16.5. The van der Waals surface area contributed by atoms with E-state index < -0.39 is 0 Å². The molecule has 5 nitrogen and oxygen atoms in total. The number of hydrogen-bond donors (Lipinski definition) is 0. The van der Waals surface area contributed by atoms with Crippen molar-refractivity contribution in [2.75, 3.05) is 0 Å². The maximum absolute atomic E-state index is 12.1. The van der Waals surface area contributed by atoms with Gasteiger partial charge < -0.3 is 4.74 Å². The third kappa shape index (κ3) is 1.93. The lowest BCUT2D eigenvalue weighted by atomic mass is 10.0. The first-order valence-corrected chi connectivity index (χ1v) is 5.79. The van der Waals surface area contributed by atoms with Gasteiger partial charge in [-0.15, -0.1) is 0 Å². The van der Waals surface area contributed by atoms with Crippen molar-refractivity contribution in [3.63, 3.8) is 0 Å². The number of hydrogen-bond acceptors (Lipinski definition) is 4. The summed E-state index contributed by atoms with van der Waals surface area (Å²) in [5.41, 5.74) is 2.99. The fraction of sp³-hybridized carbons (Fsp3) is 0.308. The summed E-state index contributed by atoms with van der Waals surface area (Å²) in [4.78, 5) is 16.2. The Morgan fingerprint density at radius 3 is 3.00 bits per heavy atom. The zero-order valence-corrected chi connectivity index (χ0v) is 10.1. The largest absolute Gasteiger partial charge is 0.372 e. The highest BCUT2D eigenvalue weighted by molar-refractivity contribution is 5.97. The van der Waals surface area contributed by atoms with E-state index >= 15 is 0 Å². The van der Waals surface area contributed by atoms with Gasteiger partial charge in [0.15, 0.2) is 5.78 Å². The summed E-state index contributed by atoms with van der Waals surface area (Å²) >= 11 is 0. The van der Waals surface area contributed by atoms with E-state index in [4.69, 9.17) is 4.74 Å². The molecule has 92 valence electrons. The predicted octanol–water partition coefficient (Wildman–Crippen LogP) is 1.27. The van der Waals surface area contributed by atoms with Crippen LogP contribution in [0.5, 0.6) is 0 Å². The molecule has 0 unspecified atom stereocenters. The molecule has 18 heavy (non-hydrogen) atoms. The fourth-order valence-electron chi connectivity index (χ4n) is 2.07. The number of benzene rings is 1. The first-order chi connectivity index (χ1) is 8.74. The predicted molar refractivity (Wildman–Crippen MR) is 64.0 cm³/mol. The van der Waals surface area contributed by atoms with Crippen LogP contribution in [0.1, 0.15) is 27.3 Å². The van der Waals surface area contributed by atoms with E-state index in [0.717, 1.165) is 5.56 Å². The topological polar surface area (TPSA) is 57.0 Å². The quantitative estimate of drug-likeness (QED) is 0.762. The van der Waals surface area contributed by atoms with Crippen molar-refractivity contribution in [3.8, 4) is 0 Å². The number of ether oxygens (including phenoxy) is 1. The van der Waals surface area contributed by atoms with Crippen LogP contribution in [0.15, 0.2) is 24.5 Å². The third-order valence-electron chi connectivity index (χ3n) is 3.17. The number of carbonyl (C=O) groups excluding carboxylic acids is 1. The van der Waals surface area contributed by atoms with Crippen molar-refractivity contribution >= 4 is 5.78 Å². The first-order valence-electron chi connectivity index (χ1n) is 5.79. The smallest absolute Gasteiger partial charge is 0.170 e. The molecule has 0 saturated carbocycles. The van der Waals surface area contributed by atoms with E-state index in [-0.39, 0.29) is 12.2 Å².